The van der Waals surface area contributed by atoms with Gasteiger partial charge >= 0.3 is 5.97 Å². The van der Waals surface area contributed by atoms with Gasteiger partial charge in [-0.05, 0) is 42.7 Å². The first-order valence-electron chi connectivity index (χ1n) is 10.6. The summed E-state index contributed by atoms with van der Waals surface area (Å²) in [5.41, 5.74) is 0.332. The maximum absolute atomic E-state index is 13.2. The maximum atomic E-state index is 13.2. The third-order valence-electron chi connectivity index (χ3n) is 5.26. The standard InChI is InChI=1S/C24H26FN3O6/c1-4-34-24(32)19-18(21(29)23(31)28(2)9-10-33-3)20-17(27-22(19)30)12-15(13-26-20)11-14-5-7-16(25)8-6-14/h5-8,12-13,21,29H,4,9-11H2,1-3H3,(H,27,30). The van der Waals surface area contributed by atoms with Crippen LogP contribution in [0.15, 0.2) is 41.3 Å². The Balaban J connectivity index is 2.10. The van der Waals surface area contributed by atoms with E-state index in [2.05, 4.69) is 9.97 Å². The number of H-pyrrole nitrogens is 1. The number of hydrogen-bond acceptors (Lipinski definition) is 7. The van der Waals surface area contributed by atoms with Crippen molar-refractivity contribution in [1.29, 1.82) is 0 Å². The summed E-state index contributed by atoms with van der Waals surface area (Å²) in [5.74, 6) is -2.05. The van der Waals surface area contributed by atoms with E-state index >= 15 is 0 Å². The molecule has 2 N–H and O–H groups in total. The molecule has 1 amide bonds. The van der Waals surface area contributed by atoms with Gasteiger partial charge in [-0.25, -0.2) is 9.18 Å². The molecule has 3 rings (SSSR count). The predicted octanol–water partition coefficient (Wildman–Crippen LogP) is 1.97. The SMILES string of the molecule is CCOC(=O)c1c(C(O)C(=O)N(C)CCOC)c2ncc(Cc3ccc(F)cc3)cc2[nH]c1=O. The molecule has 180 valence electrons. The van der Waals surface area contributed by atoms with Crippen LogP contribution in [0.1, 0.15) is 40.1 Å². The largest absolute Gasteiger partial charge is 0.462 e. The number of hydrogen-bond donors (Lipinski definition) is 2. The lowest BCUT2D eigenvalue weighted by atomic mass is 9.99. The first-order valence-corrected chi connectivity index (χ1v) is 10.6. The molecule has 0 aliphatic carbocycles. The van der Waals surface area contributed by atoms with Crippen LogP contribution in [0.2, 0.25) is 0 Å². The fourth-order valence-electron chi connectivity index (χ4n) is 3.52. The van der Waals surface area contributed by atoms with E-state index in [0.29, 0.717) is 12.0 Å². The molecule has 0 radical (unpaired) electrons. The van der Waals surface area contributed by atoms with Crippen LogP contribution < -0.4 is 5.56 Å². The summed E-state index contributed by atoms with van der Waals surface area (Å²) in [5, 5.41) is 10.9. The minimum Gasteiger partial charge on any atom is -0.462 e. The number of halogens is 1. The second-order valence-corrected chi connectivity index (χ2v) is 7.66. The number of nitrogens with one attached hydrogen (secondary N) is 1. The average Bonchev–Trinajstić information content (AvgIpc) is 2.82. The first kappa shape index (κ1) is 25.0. The molecule has 0 saturated carbocycles. The molecule has 1 atom stereocenters. The van der Waals surface area contributed by atoms with E-state index in [1.165, 1.54) is 37.4 Å². The Morgan fingerprint density at radius 1 is 1.24 bits per heavy atom. The van der Waals surface area contributed by atoms with Crippen LogP contribution in [-0.4, -0.2) is 65.8 Å². The van der Waals surface area contributed by atoms with Crippen LogP contribution in [0.25, 0.3) is 11.0 Å². The Morgan fingerprint density at radius 2 is 1.94 bits per heavy atom. The van der Waals surface area contributed by atoms with E-state index < -0.39 is 29.1 Å². The van der Waals surface area contributed by atoms with Gasteiger partial charge in [-0.1, -0.05) is 12.1 Å². The van der Waals surface area contributed by atoms with Crippen LogP contribution in [0.3, 0.4) is 0 Å². The number of benzene rings is 1. The molecule has 0 fully saturated rings. The van der Waals surface area contributed by atoms with Crippen molar-refractivity contribution in [2.45, 2.75) is 19.4 Å². The number of aromatic nitrogens is 2. The molecule has 9 nitrogen and oxygen atoms in total. The zero-order valence-electron chi connectivity index (χ0n) is 19.1. The molecule has 0 aliphatic heterocycles. The molecule has 3 aromatic rings. The summed E-state index contributed by atoms with van der Waals surface area (Å²) in [6.07, 6.45) is 0.0805. The Labute approximate surface area is 195 Å². The van der Waals surface area contributed by atoms with Crippen LogP contribution in [0.5, 0.6) is 0 Å². The lowest BCUT2D eigenvalue weighted by Crippen LogP contribution is -2.36. The molecule has 2 aromatic heterocycles. The van der Waals surface area contributed by atoms with Crippen molar-refractivity contribution in [2.24, 2.45) is 0 Å². The highest BCUT2D eigenvalue weighted by Gasteiger charge is 2.31. The number of aliphatic hydroxyl groups is 1. The number of rotatable bonds is 9. The summed E-state index contributed by atoms with van der Waals surface area (Å²) in [4.78, 5) is 46.5. The quantitative estimate of drug-likeness (QED) is 0.458. The van der Waals surface area contributed by atoms with Gasteiger partial charge in [-0.3, -0.25) is 14.6 Å². The predicted molar refractivity (Wildman–Crippen MR) is 122 cm³/mol. The number of aliphatic hydroxyl groups excluding tert-OH is 1. The molecule has 0 bridgehead atoms. The Kier molecular flexibility index (Phi) is 8.08. The maximum Gasteiger partial charge on any atom is 0.344 e. The monoisotopic (exact) mass is 471 g/mol. The number of amides is 1. The number of ether oxygens (including phenoxy) is 2. The number of likely N-dealkylation sites (N-methyl/N-ethyl adjacent to an activating group) is 1. The van der Waals surface area contributed by atoms with Gasteiger partial charge in [0.2, 0.25) is 0 Å². The Bertz CT molecular complexity index is 1240. The summed E-state index contributed by atoms with van der Waals surface area (Å²) >= 11 is 0. The number of nitrogens with zero attached hydrogens (tertiary/aromatic N) is 2. The van der Waals surface area contributed by atoms with Gasteiger partial charge in [0.05, 0.1) is 24.2 Å². The molecule has 10 heteroatoms. The Morgan fingerprint density at radius 3 is 2.59 bits per heavy atom. The van der Waals surface area contributed by atoms with Crippen molar-refractivity contribution in [3.63, 3.8) is 0 Å². The molecule has 34 heavy (non-hydrogen) atoms. The number of fused-ring (bicyclic) bond motifs is 1. The van der Waals surface area contributed by atoms with Gasteiger partial charge in [0.25, 0.3) is 11.5 Å². The molecule has 1 unspecified atom stereocenters. The van der Waals surface area contributed by atoms with Gasteiger partial charge in [-0.15, -0.1) is 0 Å². The molecular weight excluding hydrogens is 445 g/mol. The van der Waals surface area contributed by atoms with Gasteiger partial charge in [-0.2, -0.15) is 0 Å². The zero-order valence-corrected chi connectivity index (χ0v) is 19.1. The van der Waals surface area contributed by atoms with E-state index in [1.807, 2.05) is 0 Å². The van der Waals surface area contributed by atoms with Gasteiger partial charge < -0.3 is 24.5 Å². The van der Waals surface area contributed by atoms with Gasteiger partial charge in [0, 0.05) is 32.5 Å². The minimum atomic E-state index is -1.83. The van der Waals surface area contributed by atoms with E-state index in [1.54, 1.807) is 25.1 Å². The number of esters is 1. The number of carbonyl (C=O) groups excluding carboxylic acids is 2. The van der Waals surface area contributed by atoms with Crippen LogP contribution in [0, 0.1) is 5.82 Å². The molecule has 0 aliphatic rings. The van der Waals surface area contributed by atoms with Crippen molar-refractivity contribution in [2.75, 3.05) is 33.9 Å². The highest BCUT2D eigenvalue weighted by Crippen LogP contribution is 2.26. The van der Waals surface area contributed by atoms with Crippen molar-refractivity contribution in [3.8, 4) is 0 Å². The third kappa shape index (κ3) is 5.46. The highest BCUT2D eigenvalue weighted by atomic mass is 19.1. The number of pyridine rings is 2. The average molecular weight is 471 g/mol. The van der Waals surface area contributed by atoms with Crippen molar-refractivity contribution < 1.29 is 28.6 Å². The first-order chi connectivity index (χ1) is 16.3. The Hall–Kier alpha value is -3.63. The zero-order chi connectivity index (χ0) is 24.8. The summed E-state index contributed by atoms with van der Waals surface area (Å²) < 4.78 is 23.2. The molecular formula is C24H26FN3O6. The second kappa shape index (κ2) is 11.0. The number of carbonyl (C=O) groups is 2. The molecule has 2 heterocycles. The van der Waals surface area contributed by atoms with Crippen LogP contribution >= 0.6 is 0 Å². The normalized spacial score (nSPS) is 11.9. The van der Waals surface area contributed by atoms with Crippen LogP contribution in [0.4, 0.5) is 4.39 Å². The fraction of sp³-hybridized carbons (Fsp3) is 0.333. The fourth-order valence-corrected chi connectivity index (χ4v) is 3.52. The van der Waals surface area contributed by atoms with E-state index in [-0.39, 0.29) is 42.2 Å². The van der Waals surface area contributed by atoms with Crippen molar-refractivity contribution in [3.05, 3.63) is 75.0 Å². The van der Waals surface area contributed by atoms with Gasteiger partial charge in [0.1, 0.15) is 11.4 Å². The number of aromatic amines is 1. The summed E-state index contributed by atoms with van der Waals surface area (Å²) in [6, 6.07) is 7.60. The third-order valence-corrected chi connectivity index (χ3v) is 5.26. The highest BCUT2D eigenvalue weighted by molar-refractivity contribution is 5.99. The number of methoxy groups -OCH3 is 1. The topological polar surface area (TPSA) is 122 Å². The second-order valence-electron chi connectivity index (χ2n) is 7.66. The van der Waals surface area contributed by atoms with Gasteiger partial charge in [0.15, 0.2) is 6.10 Å². The molecule has 1 aromatic carbocycles. The smallest absolute Gasteiger partial charge is 0.344 e. The van der Waals surface area contributed by atoms with E-state index in [9.17, 15) is 23.9 Å². The lowest BCUT2D eigenvalue weighted by Gasteiger charge is -2.22. The van der Waals surface area contributed by atoms with Crippen LogP contribution in [-0.2, 0) is 20.7 Å². The van der Waals surface area contributed by atoms with E-state index in [0.717, 1.165) is 5.56 Å². The molecule has 0 saturated heterocycles. The van der Waals surface area contributed by atoms with Crippen molar-refractivity contribution >= 4 is 22.9 Å². The van der Waals surface area contributed by atoms with E-state index in [4.69, 9.17) is 9.47 Å². The molecule has 0 spiro atoms. The summed E-state index contributed by atoms with van der Waals surface area (Å²) in [6.45, 7) is 2.00. The minimum absolute atomic E-state index is 0.00241. The van der Waals surface area contributed by atoms with Crippen molar-refractivity contribution in [1.82, 2.24) is 14.9 Å². The lowest BCUT2D eigenvalue weighted by molar-refractivity contribution is -0.139. The summed E-state index contributed by atoms with van der Waals surface area (Å²) in [7, 11) is 2.95.